The highest BCUT2D eigenvalue weighted by atomic mass is 79.9. The summed E-state index contributed by atoms with van der Waals surface area (Å²) in [6.07, 6.45) is 1.56. The highest BCUT2D eigenvalue weighted by Gasteiger charge is 2.24. The molecule has 18 heavy (non-hydrogen) atoms. The van der Waals surface area contributed by atoms with Gasteiger partial charge in [-0.15, -0.1) is 6.58 Å². The van der Waals surface area contributed by atoms with E-state index in [0.717, 1.165) is 5.56 Å². The fourth-order valence-electron chi connectivity index (χ4n) is 1.57. The summed E-state index contributed by atoms with van der Waals surface area (Å²) in [5.74, 6) is 0. The third-order valence-electron chi connectivity index (χ3n) is 2.39. The molecule has 3 nitrogen and oxygen atoms in total. The summed E-state index contributed by atoms with van der Waals surface area (Å²) in [5, 5.41) is 0. The van der Waals surface area contributed by atoms with Crippen LogP contribution < -0.4 is 0 Å². The second kappa shape index (κ2) is 6.31. The minimum absolute atomic E-state index is 0.225. The summed E-state index contributed by atoms with van der Waals surface area (Å²) < 4.78 is 26.9. The molecule has 0 saturated heterocycles. The molecule has 0 N–H and O–H groups in total. The Bertz CT molecular complexity index is 552. The van der Waals surface area contributed by atoms with Crippen molar-refractivity contribution in [2.24, 2.45) is 0 Å². The Kier molecular flexibility index (Phi) is 5.31. The predicted molar refractivity (Wildman–Crippen MR) is 78.2 cm³/mol. The number of halogens is 1. The van der Waals surface area contributed by atoms with Gasteiger partial charge >= 0.3 is 0 Å². The first-order valence-electron chi connectivity index (χ1n) is 5.39. The van der Waals surface area contributed by atoms with Crippen LogP contribution in [0.3, 0.4) is 0 Å². The van der Waals surface area contributed by atoms with Crippen molar-refractivity contribution >= 4 is 26.0 Å². The summed E-state index contributed by atoms with van der Waals surface area (Å²) in [6, 6.07) is 6.92. The zero-order valence-electron chi connectivity index (χ0n) is 10.3. The first-order chi connectivity index (χ1) is 8.39. The van der Waals surface area contributed by atoms with Gasteiger partial charge in [0.05, 0.1) is 4.90 Å². The van der Waals surface area contributed by atoms with Crippen LogP contribution in [0.1, 0.15) is 5.56 Å². The van der Waals surface area contributed by atoms with Crippen molar-refractivity contribution in [2.45, 2.75) is 11.8 Å². The van der Waals surface area contributed by atoms with Crippen LogP contribution in [0.2, 0.25) is 0 Å². The summed E-state index contributed by atoms with van der Waals surface area (Å²) in [5.41, 5.74) is 0.728. The van der Waals surface area contributed by atoms with Crippen molar-refractivity contribution in [3.63, 3.8) is 0 Å². The number of aryl methyl sites for hydroxylation is 1. The maximum Gasteiger partial charge on any atom is 0.243 e. The highest BCUT2D eigenvalue weighted by molar-refractivity contribution is 9.11. The Hall–Kier alpha value is -0.910. The van der Waals surface area contributed by atoms with Crippen LogP contribution in [-0.2, 0) is 10.0 Å². The molecule has 0 spiro atoms. The molecule has 0 heterocycles. The fourth-order valence-corrected chi connectivity index (χ4v) is 3.67. The molecule has 1 aromatic rings. The largest absolute Gasteiger partial charge is 0.243 e. The van der Waals surface area contributed by atoms with Crippen molar-refractivity contribution in [2.75, 3.05) is 13.1 Å². The quantitative estimate of drug-likeness (QED) is 0.752. The third kappa shape index (κ3) is 3.54. The minimum atomic E-state index is -3.52. The maximum absolute atomic E-state index is 12.5. The average molecular weight is 330 g/mol. The van der Waals surface area contributed by atoms with Crippen LogP contribution in [0.25, 0.3) is 0 Å². The number of nitrogens with zero attached hydrogens (tertiary/aromatic N) is 1. The Morgan fingerprint density at radius 1 is 1.44 bits per heavy atom. The van der Waals surface area contributed by atoms with E-state index in [0.29, 0.717) is 9.38 Å². The zero-order valence-corrected chi connectivity index (χ0v) is 12.7. The second-order valence-corrected chi connectivity index (χ2v) is 6.90. The van der Waals surface area contributed by atoms with Gasteiger partial charge in [-0.05, 0) is 18.6 Å². The van der Waals surface area contributed by atoms with Gasteiger partial charge in [-0.1, -0.05) is 46.8 Å². The topological polar surface area (TPSA) is 37.4 Å². The van der Waals surface area contributed by atoms with Gasteiger partial charge < -0.3 is 0 Å². The van der Waals surface area contributed by atoms with Crippen molar-refractivity contribution in [1.29, 1.82) is 0 Å². The van der Waals surface area contributed by atoms with E-state index < -0.39 is 10.0 Å². The van der Waals surface area contributed by atoms with E-state index in [1.807, 2.05) is 6.07 Å². The Morgan fingerprint density at radius 2 is 2.06 bits per heavy atom. The van der Waals surface area contributed by atoms with Gasteiger partial charge in [0.15, 0.2) is 0 Å². The van der Waals surface area contributed by atoms with Gasteiger partial charge in [-0.2, -0.15) is 4.31 Å². The van der Waals surface area contributed by atoms with E-state index in [4.69, 9.17) is 0 Å². The lowest BCUT2D eigenvalue weighted by atomic mass is 10.2. The van der Waals surface area contributed by atoms with E-state index >= 15 is 0 Å². The van der Waals surface area contributed by atoms with Crippen molar-refractivity contribution in [1.82, 2.24) is 4.31 Å². The molecule has 1 aromatic carbocycles. The molecule has 0 aliphatic carbocycles. The predicted octanol–water partition coefficient (Wildman–Crippen LogP) is 3.08. The number of hydrogen-bond donors (Lipinski definition) is 0. The molecule has 0 radical (unpaired) electrons. The lowest BCUT2D eigenvalue weighted by Crippen LogP contribution is -2.32. The summed E-state index contributed by atoms with van der Waals surface area (Å²) in [6.45, 7) is 9.53. The lowest BCUT2D eigenvalue weighted by molar-refractivity contribution is 0.472. The lowest BCUT2D eigenvalue weighted by Gasteiger charge is -2.21. The monoisotopic (exact) mass is 329 g/mol. The normalized spacial score (nSPS) is 11.5. The molecular formula is C13H16BrNO2S. The van der Waals surface area contributed by atoms with Gasteiger partial charge in [0.2, 0.25) is 10.0 Å². The van der Waals surface area contributed by atoms with Crippen molar-refractivity contribution in [3.8, 4) is 0 Å². The van der Waals surface area contributed by atoms with Crippen LogP contribution in [-0.4, -0.2) is 25.8 Å². The number of hydrogen-bond acceptors (Lipinski definition) is 2. The average Bonchev–Trinajstić information content (AvgIpc) is 2.28. The standard InChI is InChI=1S/C13H16BrNO2S/c1-4-9-15(10-12(3)14)18(16,17)13-8-6-5-7-11(13)2/h4-8H,1,3,9-10H2,2H3. The van der Waals surface area contributed by atoms with Gasteiger partial charge in [0, 0.05) is 17.6 Å². The Labute approximate surface area is 117 Å². The maximum atomic E-state index is 12.5. The van der Waals surface area contributed by atoms with E-state index in [9.17, 15) is 8.42 Å². The van der Waals surface area contributed by atoms with Gasteiger partial charge in [-0.3, -0.25) is 0 Å². The van der Waals surface area contributed by atoms with E-state index in [2.05, 4.69) is 29.1 Å². The highest BCUT2D eigenvalue weighted by Crippen LogP contribution is 2.21. The third-order valence-corrected chi connectivity index (χ3v) is 4.61. The molecule has 0 amide bonds. The van der Waals surface area contributed by atoms with Crippen molar-refractivity contribution in [3.05, 3.63) is 53.5 Å². The van der Waals surface area contributed by atoms with Crippen LogP contribution in [0.4, 0.5) is 0 Å². The number of rotatable bonds is 6. The molecule has 0 atom stereocenters. The molecule has 0 aliphatic heterocycles. The summed E-state index contributed by atoms with van der Waals surface area (Å²) in [4.78, 5) is 0.320. The molecular weight excluding hydrogens is 314 g/mol. The number of sulfonamides is 1. The molecule has 0 saturated carbocycles. The van der Waals surface area contributed by atoms with E-state index in [1.165, 1.54) is 4.31 Å². The molecule has 0 bridgehead atoms. The van der Waals surface area contributed by atoms with Gasteiger partial charge in [0.25, 0.3) is 0 Å². The molecule has 0 unspecified atom stereocenters. The van der Waals surface area contributed by atoms with Crippen LogP contribution in [0.5, 0.6) is 0 Å². The van der Waals surface area contributed by atoms with Crippen LogP contribution in [0.15, 0.2) is 52.9 Å². The number of benzene rings is 1. The smallest absolute Gasteiger partial charge is 0.207 e. The first-order valence-corrected chi connectivity index (χ1v) is 7.63. The Morgan fingerprint density at radius 3 is 2.56 bits per heavy atom. The van der Waals surface area contributed by atoms with E-state index in [-0.39, 0.29) is 13.1 Å². The fraction of sp³-hybridized carbons (Fsp3) is 0.231. The molecule has 0 aliphatic rings. The summed E-state index contributed by atoms with van der Waals surface area (Å²) in [7, 11) is -3.52. The molecule has 5 heteroatoms. The molecule has 98 valence electrons. The molecule has 1 rings (SSSR count). The van der Waals surface area contributed by atoms with Gasteiger partial charge in [0.1, 0.15) is 0 Å². The summed E-state index contributed by atoms with van der Waals surface area (Å²) >= 11 is 3.19. The SMILES string of the molecule is C=CCN(CC(=C)Br)S(=O)(=O)c1ccccc1C. The van der Waals surface area contributed by atoms with Crippen LogP contribution >= 0.6 is 15.9 Å². The van der Waals surface area contributed by atoms with Crippen molar-refractivity contribution < 1.29 is 8.42 Å². The molecule has 0 fully saturated rings. The van der Waals surface area contributed by atoms with Crippen LogP contribution in [0, 0.1) is 6.92 Å². The Balaban J connectivity index is 3.21. The minimum Gasteiger partial charge on any atom is -0.207 e. The van der Waals surface area contributed by atoms with E-state index in [1.54, 1.807) is 31.2 Å². The van der Waals surface area contributed by atoms with Gasteiger partial charge in [-0.25, -0.2) is 8.42 Å². The second-order valence-electron chi connectivity index (χ2n) is 3.87. The first kappa shape index (κ1) is 15.1. The zero-order chi connectivity index (χ0) is 13.8. The molecule has 0 aromatic heterocycles.